The molecule has 0 aliphatic rings. The van der Waals surface area contributed by atoms with E-state index in [1.807, 2.05) is 6.92 Å². The summed E-state index contributed by atoms with van der Waals surface area (Å²) in [5.41, 5.74) is 1.51. The van der Waals surface area contributed by atoms with Gasteiger partial charge in [-0.05, 0) is 18.6 Å². The fraction of sp³-hybridized carbons (Fsp3) is 0.300. The van der Waals surface area contributed by atoms with Crippen molar-refractivity contribution in [3.63, 3.8) is 0 Å². The van der Waals surface area contributed by atoms with E-state index in [0.29, 0.717) is 11.5 Å². The Labute approximate surface area is 71.9 Å². The molecule has 0 atom stereocenters. The number of hydrogen-bond acceptors (Lipinski definition) is 1. The number of aryl methyl sites for hydroxylation is 1. The highest BCUT2D eigenvalue weighted by Crippen LogP contribution is 2.18. The van der Waals surface area contributed by atoms with Crippen LogP contribution in [0.25, 0.3) is 0 Å². The Morgan fingerprint density at radius 2 is 2.17 bits per heavy atom. The minimum Gasteiger partial charge on any atom is -0.395 e. The highest BCUT2D eigenvalue weighted by atomic mass is 19.1. The molecule has 0 aromatic heterocycles. The molecule has 0 heterocycles. The summed E-state index contributed by atoms with van der Waals surface area (Å²) in [7, 11) is 0. The van der Waals surface area contributed by atoms with Crippen molar-refractivity contribution in [3.8, 4) is 0 Å². The van der Waals surface area contributed by atoms with Gasteiger partial charge in [-0.1, -0.05) is 24.6 Å². The van der Waals surface area contributed by atoms with Gasteiger partial charge >= 0.3 is 0 Å². The van der Waals surface area contributed by atoms with Crippen LogP contribution in [0.5, 0.6) is 0 Å². The standard InChI is InChI=1S/C10H12FO/c1-7-3-4-10(11)9(5-7)8(2)6-12/h3-5,12H,6H2,1-2H3. The van der Waals surface area contributed by atoms with Gasteiger partial charge in [0.1, 0.15) is 5.82 Å². The maximum absolute atomic E-state index is 13.1. The van der Waals surface area contributed by atoms with Gasteiger partial charge in [-0.3, -0.25) is 0 Å². The van der Waals surface area contributed by atoms with Crippen LogP contribution in [0.2, 0.25) is 0 Å². The molecule has 1 N–H and O–H groups in total. The molecule has 0 bridgehead atoms. The number of hydrogen-bond donors (Lipinski definition) is 1. The van der Waals surface area contributed by atoms with Crippen molar-refractivity contribution in [1.29, 1.82) is 0 Å². The lowest BCUT2D eigenvalue weighted by molar-refractivity contribution is 0.313. The van der Waals surface area contributed by atoms with Crippen LogP contribution in [-0.2, 0) is 0 Å². The molecule has 1 aromatic rings. The predicted molar refractivity (Wildman–Crippen MR) is 46.2 cm³/mol. The smallest absolute Gasteiger partial charge is 0.127 e. The number of benzene rings is 1. The van der Waals surface area contributed by atoms with Crippen LogP contribution >= 0.6 is 0 Å². The van der Waals surface area contributed by atoms with Gasteiger partial charge in [-0.15, -0.1) is 0 Å². The number of rotatable bonds is 2. The SMILES string of the molecule is C[C](CO)c1cc(C)ccc1F. The summed E-state index contributed by atoms with van der Waals surface area (Å²) in [5, 5.41) is 8.80. The molecule has 0 amide bonds. The highest BCUT2D eigenvalue weighted by Gasteiger charge is 2.09. The van der Waals surface area contributed by atoms with Crippen LogP contribution in [0.15, 0.2) is 18.2 Å². The summed E-state index contributed by atoms with van der Waals surface area (Å²) in [6, 6.07) is 4.87. The van der Waals surface area contributed by atoms with E-state index in [0.717, 1.165) is 5.56 Å². The molecule has 0 fully saturated rings. The lowest BCUT2D eigenvalue weighted by atomic mass is 10.00. The minimum atomic E-state index is -0.271. The first-order valence-electron chi connectivity index (χ1n) is 3.85. The van der Waals surface area contributed by atoms with Crippen LogP contribution in [0.3, 0.4) is 0 Å². The van der Waals surface area contributed by atoms with Gasteiger partial charge in [0.15, 0.2) is 0 Å². The first-order valence-corrected chi connectivity index (χ1v) is 3.85. The second kappa shape index (κ2) is 3.68. The molecule has 1 aromatic carbocycles. The first kappa shape index (κ1) is 9.20. The van der Waals surface area contributed by atoms with Crippen molar-refractivity contribution in [2.45, 2.75) is 13.8 Å². The predicted octanol–water partition coefficient (Wildman–Crippen LogP) is 2.07. The number of aliphatic hydroxyl groups is 1. The average molecular weight is 167 g/mol. The second-order valence-electron chi connectivity index (χ2n) is 2.92. The molecule has 12 heavy (non-hydrogen) atoms. The summed E-state index contributed by atoms with van der Waals surface area (Å²) in [6.45, 7) is 3.52. The Morgan fingerprint density at radius 1 is 1.50 bits per heavy atom. The molecule has 0 aliphatic heterocycles. The normalized spacial score (nSPS) is 10.8. The second-order valence-corrected chi connectivity index (χ2v) is 2.92. The lowest BCUT2D eigenvalue weighted by Gasteiger charge is -2.09. The molecular weight excluding hydrogens is 155 g/mol. The maximum atomic E-state index is 13.1. The van der Waals surface area contributed by atoms with Gasteiger partial charge in [0.05, 0.1) is 6.61 Å². The van der Waals surface area contributed by atoms with E-state index < -0.39 is 0 Å². The van der Waals surface area contributed by atoms with E-state index >= 15 is 0 Å². The lowest BCUT2D eigenvalue weighted by Crippen LogP contribution is -2.03. The summed E-state index contributed by atoms with van der Waals surface area (Å²) in [5.74, 6) is 0.392. The van der Waals surface area contributed by atoms with E-state index in [2.05, 4.69) is 0 Å². The Balaban J connectivity index is 3.04. The van der Waals surface area contributed by atoms with E-state index in [9.17, 15) is 4.39 Å². The zero-order chi connectivity index (χ0) is 9.14. The molecule has 1 nitrogen and oxygen atoms in total. The molecule has 0 aliphatic carbocycles. The average Bonchev–Trinajstić information content (AvgIpc) is 2.08. The number of halogens is 1. The van der Waals surface area contributed by atoms with Crippen LogP contribution < -0.4 is 0 Å². The Morgan fingerprint density at radius 3 is 2.75 bits per heavy atom. The van der Waals surface area contributed by atoms with E-state index in [1.54, 1.807) is 19.1 Å². The van der Waals surface area contributed by atoms with Gasteiger partial charge < -0.3 is 5.11 Å². The van der Waals surface area contributed by atoms with Crippen LogP contribution in [0.4, 0.5) is 4.39 Å². The Bertz CT molecular complexity index is 271. The third-order valence-corrected chi connectivity index (χ3v) is 1.82. The van der Waals surface area contributed by atoms with E-state index in [-0.39, 0.29) is 12.4 Å². The largest absolute Gasteiger partial charge is 0.395 e. The molecule has 0 saturated heterocycles. The van der Waals surface area contributed by atoms with Gasteiger partial charge in [-0.2, -0.15) is 0 Å². The summed E-state index contributed by atoms with van der Waals surface area (Å²) in [6.07, 6.45) is 0. The fourth-order valence-electron chi connectivity index (χ4n) is 1.05. The highest BCUT2D eigenvalue weighted by molar-refractivity contribution is 5.34. The molecule has 0 saturated carbocycles. The third kappa shape index (κ3) is 1.83. The van der Waals surface area contributed by atoms with Gasteiger partial charge in [0, 0.05) is 5.92 Å². The van der Waals surface area contributed by atoms with Crippen molar-refractivity contribution in [1.82, 2.24) is 0 Å². The minimum absolute atomic E-state index is 0.0969. The quantitative estimate of drug-likeness (QED) is 0.714. The fourth-order valence-corrected chi connectivity index (χ4v) is 1.05. The van der Waals surface area contributed by atoms with Crippen LogP contribution in [0, 0.1) is 18.7 Å². The topological polar surface area (TPSA) is 20.2 Å². The molecule has 0 spiro atoms. The van der Waals surface area contributed by atoms with E-state index in [1.165, 1.54) is 6.07 Å². The van der Waals surface area contributed by atoms with Crippen molar-refractivity contribution < 1.29 is 9.50 Å². The molecular formula is C10H12FO. The van der Waals surface area contributed by atoms with Gasteiger partial charge in [0.2, 0.25) is 0 Å². The van der Waals surface area contributed by atoms with Crippen molar-refractivity contribution in [2.75, 3.05) is 6.61 Å². The zero-order valence-electron chi connectivity index (χ0n) is 7.26. The van der Waals surface area contributed by atoms with Crippen molar-refractivity contribution in [2.24, 2.45) is 0 Å². The van der Waals surface area contributed by atoms with Crippen molar-refractivity contribution >= 4 is 0 Å². The molecule has 1 rings (SSSR count). The Kier molecular flexibility index (Phi) is 2.82. The maximum Gasteiger partial charge on any atom is 0.127 e. The molecule has 0 unspecified atom stereocenters. The summed E-state index contributed by atoms with van der Waals surface area (Å²) >= 11 is 0. The number of aliphatic hydroxyl groups excluding tert-OH is 1. The van der Waals surface area contributed by atoms with Crippen LogP contribution in [0.1, 0.15) is 18.1 Å². The van der Waals surface area contributed by atoms with Crippen molar-refractivity contribution in [3.05, 3.63) is 41.1 Å². The Hall–Kier alpha value is -0.890. The van der Waals surface area contributed by atoms with E-state index in [4.69, 9.17) is 5.11 Å². The molecule has 1 radical (unpaired) electrons. The monoisotopic (exact) mass is 167 g/mol. The first-order chi connectivity index (χ1) is 5.65. The summed E-state index contributed by atoms with van der Waals surface area (Å²) < 4.78 is 13.1. The van der Waals surface area contributed by atoms with Gasteiger partial charge in [-0.25, -0.2) is 4.39 Å². The van der Waals surface area contributed by atoms with Crippen LogP contribution in [-0.4, -0.2) is 11.7 Å². The third-order valence-electron chi connectivity index (χ3n) is 1.82. The molecule has 65 valence electrons. The van der Waals surface area contributed by atoms with Gasteiger partial charge in [0.25, 0.3) is 0 Å². The molecule has 2 heteroatoms. The zero-order valence-corrected chi connectivity index (χ0v) is 7.26. The summed E-state index contributed by atoms with van der Waals surface area (Å²) in [4.78, 5) is 0.